The highest BCUT2D eigenvalue weighted by atomic mass is 32.1. The van der Waals surface area contributed by atoms with Gasteiger partial charge in [-0.15, -0.1) is 11.3 Å². The van der Waals surface area contributed by atoms with Gasteiger partial charge in [0.2, 0.25) is 11.4 Å². The summed E-state index contributed by atoms with van der Waals surface area (Å²) in [6.07, 6.45) is 6.42. The van der Waals surface area contributed by atoms with E-state index in [2.05, 4.69) is 191 Å². The summed E-state index contributed by atoms with van der Waals surface area (Å²) in [5.41, 5.74) is 14.3. The Morgan fingerprint density at radius 3 is 2.26 bits per heavy atom. The van der Waals surface area contributed by atoms with Crippen LogP contribution in [0, 0.1) is 0 Å². The third-order valence-electron chi connectivity index (χ3n) is 14.3. The van der Waals surface area contributed by atoms with Gasteiger partial charge in [-0.25, -0.2) is 0 Å². The van der Waals surface area contributed by atoms with Crippen LogP contribution in [0.5, 0.6) is 0 Å². The first-order valence-corrected chi connectivity index (χ1v) is 21.2. The molecule has 11 aromatic rings. The Kier molecular flexibility index (Phi) is 6.31. The van der Waals surface area contributed by atoms with Gasteiger partial charge in [0, 0.05) is 78.5 Å². The molecule has 2 aliphatic rings. The van der Waals surface area contributed by atoms with Gasteiger partial charge < -0.3 is 4.40 Å². The van der Waals surface area contributed by atoms with Crippen molar-refractivity contribution in [1.29, 1.82) is 0 Å². The maximum absolute atomic E-state index is 5.04. The number of hydrogen-bond acceptors (Lipinski definition) is 1. The van der Waals surface area contributed by atoms with Gasteiger partial charge in [0.1, 0.15) is 0 Å². The van der Waals surface area contributed by atoms with Gasteiger partial charge in [0.05, 0.1) is 27.5 Å². The second kappa shape index (κ2) is 11.3. The lowest BCUT2D eigenvalue weighted by atomic mass is 9.59. The molecule has 4 heteroatoms. The fourth-order valence-electron chi connectivity index (χ4n) is 11.3. The number of thiophene rings is 1. The number of rotatable bonds is 1. The molecule has 5 aromatic heterocycles. The van der Waals surface area contributed by atoms with E-state index in [1.54, 1.807) is 0 Å². The Morgan fingerprint density at radius 2 is 1.36 bits per heavy atom. The van der Waals surface area contributed by atoms with E-state index in [4.69, 9.17) is 6.58 Å². The summed E-state index contributed by atoms with van der Waals surface area (Å²) in [5.74, 6) is 0. The minimum Gasteiger partial charge on any atom is -0.308 e. The zero-order valence-electron chi connectivity index (χ0n) is 32.5. The van der Waals surface area contributed by atoms with Crippen LogP contribution < -0.4 is 9.13 Å². The number of fused-ring (bicyclic) bond motifs is 19. The van der Waals surface area contributed by atoms with Crippen molar-refractivity contribution in [2.75, 3.05) is 0 Å². The molecule has 7 heterocycles. The SMILES string of the molecule is C=C1[n+]2ccccc2-c2ccccc2CCC2(C)c3cc4c(cc3-c3cccc[n+]3C12C)c1cc2sc3ccccc3c2c2c3cc(-c5ccccc5)ccc3n4c12. The molecule has 0 spiro atoms. The molecule has 2 unspecified atom stereocenters. The minimum absolute atomic E-state index is 0.334. The molecule has 3 nitrogen and oxygen atoms in total. The molecule has 0 aliphatic carbocycles. The summed E-state index contributed by atoms with van der Waals surface area (Å²) < 4.78 is 10.2. The standard InChI is InChI=1S/C54H39N3S/c1-33-54(3)53(2,26-25-35-17-7-8-18-37(35)44-20-11-13-27-55(33)44)43-32-47-39(30-41(43)45-21-12-14-28-56(45)54)40-31-49-50(38-19-9-10-22-48(38)58-49)51-42-29-36(34-15-5-4-6-16-34)23-24-46(42)57(47)52(40)51/h4-24,27-32H,1,25-26H2,2-3H3/q+2. The summed E-state index contributed by atoms with van der Waals surface area (Å²) in [5, 5.41) is 8.01. The molecule has 0 bridgehead atoms. The predicted molar refractivity (Wildman–Crippen MR) is 242 cm³/mol. The predicted octanol–water partition coefficient (Wildman–Crippen LogP) is 12.9. The summed E-state index contributed by atoms with van der Waals surface area (Å²) in [6.45, 7) is 9.99. The molecule has 0 N–H and O–H groups in total. The number of hydrogen-bond donors (Lipinski definition) is 0. The largest absolute Gasteiger partial charge is 0.308 e. The van der Waals surface area contributed by atoms with Gasteiger partial charge in [-0.1, -0.05) is 72.8 Å². The quantitative estimate of drug-likeness (QED) is 0.148. The second-order valence-electron chi connectivity index (χ2n) is 16.9. The Bertz CT molecular complexity index is 3570. The van der Waals surface area contributed by atoms with Crippen molar-refractivity contribution in [2.45, 2.75) is 37.6 Å². The lowest BCUT2D eigenvalue weighted by Gasteiger charge is -2.45. The summed E-state index contributed by atoms with van der Waals surface area (Å²) in [7, 11) is 0. The third kappa shape index (κ3) is 3.94. The van der Waals surface area contributed by atoms with E-state index >= 15 is 0 Å². The van der Waals surface area contributed by atoms with Gasteiger partial charge in [-0.2, -0.15) is 9.13 Å². The smallest absolute Gasteiger partial charge is 0.257 e. The molecular weight excluding hydrogens is 723 g/mol. The monoisotopic (exact) mass is 761 g/mol. The van der Waals surface area contributed by atoms with Crippen molar-refractivity contribution in [3.63, 3.8) is 0 Å². The van der Waals surface area contributed by atoms with Gasteiger partial charge in [0.15, 0.2) is 12.4 Å². The molecule has 0 saturated heterocycles. The lowest BCUT2D eigenvalue weighted by Crippen LogP contribution is -2.71. The molecule has 0 saturated carbocycles. The fourth-order valence-corrected chi connectivity index (χ4v) is 12.4. The average Bonchev–Trinajstić information content (AvgIpc) is 3.93. The first-order chi connectivity index (χ1) is 28.4. The van der Waals surface area contributed by atoms with E-state index in [1.165, 1.54) is 103 Å². The molecule has 0 fully saturated rings. The zero-order valence-corrected chi connectivity index (χ0v) is 33.3. The fraction of sp³-hybridized carbons (Fsp3) is 0.111. The molecule has 274 valence electrons. The molecule has 2 aliphatic heterocycles. The summed E-state index contributed by atoms with van der Waals surface area (Å²) in [6, 6.07) is 56.8. The second-order valence-corrected chi connectivity index (χ2v) is 18.0. The Labute approximate surface area is 340 Å². The topological polar surface area (TPSA) is 12.2 Å². The number of benzene rings is 6. The van der Waals surface area contributed by atoms with Gasteiger partial charge in [0.25, 0.3) is 11.2 Å². The van der Waals surface area contributed by atoms with Crippen molar-refractivity contribution in [1.82, 2.24) is 4.40 Å². The number of aryl methyl sites for hydroxylation is 1. The zero-order chi connectivity index (χ0) is 38.5. The maximum atomic E-state index is 5.04. The molecule has 0 radical (unpaired) electrons. The average molecular weight is 762 g/mol. The van der Waals surface area contributed by atoms with Crippen LogP contribution in [-0.4, -0.2) is 4.40 Å². The van der Waals surface area contributed by atoms with Crippen molar-refractivity contribution >= 4 is 75.3 Å². The van der Waals surface area contributed by atoms with Crippen LogP contribution in [0.4, 0.5) is 0 Å². The van der Waals surface area contributed by atoms with E-state index in [0.717, 1.165) is 18.5 Å². The first kappa shape index (κ1) is 32.5. The Balaban J connectivity index is 1.18. The van der Waals surface area contributed by atoms with Crippen LogP contribution in [0.3, 0.4) is 0 Å². The number of nitrogens with zero attached hydrogens (tertiary/aromatic N) is 3. The van der Waals surface area contributed by atoms with Crippen molar-refractivity contribution in [2.24, 2.45) is 0 Å². The summed E-state index contributed by atoms with van der Waals surface area (Å²) in [4.78, 5) is 0. The molecule has 58 heavy (non-hydrogen) atoms. The Morgan fingerprint density at radius 1 is 0.586 bits per heavy atom. The molecule has 13 rings (SSSR count). The summed E-state index contributed by atoms with van der Waals surface area (Å²) >= 11 is 1.92. The molecular formula is C54H39N3S+2. The Hall–Kier alpha value is -6.62. The first-order valence-electron chi connectivity index (χ1n) is 20.4. The van der Waals surface area contributed by atoms with Crippen molar-refractivity contribution in [3.8, 4) is 33.6 Å². The van der Waals surface area contributed by atoms with Gasteiger partial charge in [-0.3, -0.25) is 0 Å². The van der Waals surface area contributed by atoms with Gasteiger partial charge in [-0.05, 0) is 103 Å². The highest BCUT2D eigenvalue weighted by Gasteiger charge is 2.64. The maximum Gasteiger partial charge on any atom is 0.257 e. The van der Waals surface area contributed by atoms with Crippen LogP contribution >= 0.6 is 11.3 Å². The van der Waals surface area contributed by atoms with Crippen LogP contribution in [0.1, 0.15) is 31.4 Å². The number of aromatic nitrogens is 3. The van der Waals surface area contributed by atoms with E-state index in [1.807, 2.05) is 11.3 Å². The number of pyridine rings is 2. The van der Waals surface area contributed by atoms with Crippen LogP contribution in [0.2, 0.25) is 0 Å². The van der Waals surface area contributed by atoms with Gasteiger partial charge >= 0.3 is 0 Å². The third-order valence-corrected chi connectivity index (χ3v) is 15.4. The highest BCUT2D eigenvalue weighted by Crippen LogP contribution is 2.55. The molecule has 0 amide bonds. The van der Waals surface area contributed by atoms with Crippen molar-refractivity contribution in [3.05, 3.63) is 182 Å². The lowest BCUT2D eigenvalue weighted by molar-refractivity contribution is -0.769. The minimum atomic E-state index is -0.501. The normalized spacial score (nSPS) is 18.9. The van der Waals surface area contributed by atoms with Crippen molar-refractivity contribution < 1.29 is 9.13 Å². The van der Waals surface area contributed by atoms with Crippen LogP contribution in [-0.2, 0) is 17.4 Å². The van der Waals surface area contributed by atoms with Crippen LogP contribution in [0.25, 0.3) is 97.6 Å². The number of allylic oxidation sites excluding steroid dienone is 1. The molecule has 2 atom stereocenters. The van der Waals surface area contributed by atoms with Crippen LogP contribution in [0.15, 0.2) is 171 Å². The van der Waals surface area contributed by atoms with E-state index < -0.39 is 5.54 Å². The van der Waals surface area contributed by atoms with E-state index in [9.17, 15) is 0 Å². The molecule has 6 aromatic carbocycles. The van der Waals surface area contributed by atoms with E-state index in [0.29, 0.717) is 0 Å². The highest BCUT2D eigenvalue weighted by molar-refractivity contribution is 7.26. The van der Waals surface area contributed by atoms with E-state index in [-0.39, 0.29) is 5.41 Å².